The van der Waals surface area contributed by atoms with Crippen molar-refractivity contribution in [3.8, 4) is 11.1 Å². The van der Waals surface area contributed by atoms with Gasteiger partial charge in [-0.15, -0.1) is 0 Å². The quantitative estimate of drug-likeness (QED) is 0.596. The minimum atomic E-state index is -0.312. The third-order valence-electron chi connectivity index (χ3n) is 4.28. The van der Waals surface area contributed by atoms with Gasteiger partial charge >= 0.3 is 5.97 Å². The molecule has 1 fully saturated rings. The lowest BCUT2D eigenvalue weighted by atomic mass is 9.94. The van der Waals surface area contributed by atoms with E-state index in [2.05, 4.69) is 19.1 Å². The Morgan fingerprint density at radius 3 is 2.71 bits per heavy atom. The molecule has 0 aromatic heterocycles. The second kappa shape index (κ2) is 7.16. The van der Waals surface area contributed by atoms with E-state index in [-0.39, 0.29) is 18.2 Å². The van der Waals surface area contributed by atoms with Gasteiger partial charge in [0.15, 0.2) is 0 Å². The largest absolute Gasteiger partial charge is 0.465 e. The Labute approximate surface area is 142 Å². The molecule has 3 rings (SSSR count). The van der Waals surface area contributed by atoms with Crippen LogP contribution in [-0.4, -0.2) is 32.4 Å². The molecule has 2 unspecified atom stereocenters. The van der Waals surface area contributed by atoms with Gasteiger partial charge in [0.2, 0.25) is 0 Å². The van der Waals surface area contributed by atoms with E-state index >= 15 is 0 Å². The topological polar surface area (TPSA) is 48.1 Å². The van der Waals surface area contributed by atoms with Crippen molar-refractivity contribution in [1.29, 1.82) is 0 Å². The molecule has 2 aromatic carbocycles. The van der Waals surface area contributed by atoms with Crippen molar-refractivity contribution in [2.45, 2.75) is 26.1 Å². The van der Waals surface area contributed by atoms with Crippen LogP contribution in [-0.2, 0) is 14.2 Å². The summed E-state index contributed by atoms with van der Waals surface area (Å²) in [5, 5.41) is 0. The van der Waals surface area contributed by atoms with Gasteiger partial charge in [-0.1, -0.05) is 36.4 Å². The molecule has 1 aliphatic heterocycles. The molecule has 0 aliphatic carbocycles. The number of carbonyl (C=O) groups is 1. The van der Waals surface area contributed by atoms with Crippen LogP contribution in [0, 0.1) is 6.92 Å². The lowest BCUT2D eigenvalue weighted by Gasteiger charge is -2.18. The first-order valence-corrected chi connectivity index (χ1v) is 8.11. The molecule has 1 aliphatic rings. The molecule has 4 nitrogen and oxygen atoms in total. The van der Waals surface area contributed by atoms with Crippen molar-refractivity contribution in [2.75, 3.05) is 20.3 Å². The Morgan fingerprint density at radius 1 is 1.29 bits per heavy atom. The zero-order valence-corrected chi connectivity index (χ0v) is 14.2. The fourth-order valence-electron chi connectivity index (χ4n) is 2.79. The summed E-state index contributed by atoms with van der Waals surface area (Å²) in [5.74, 6) is -0.312. The van der Waals surface area contributed by atoms with E-state index in [1.54, 1.807) is 0 Å². The zero-order chi connectivity index (χ0) is 17.1. The van der Waals surface area contributed by atoms with Crippen molar-refractivity contribution in [1.82, 2.24) is 0 Å². The van der Waals surface area contributed by atoms with Crippen LogP contribution in [0.4, 0.5) is 0 Å². The van der Waals surface area contributed by atoms with E-state index in [9.17, 15) is 4.79 Å². The third kappa shape index (κ3) is 3.66. The number of carbonyl (C=O) groups excluding carboxylic acids is 1. The molecular formula is C20H22O4. The number of rotatable bonds is 6. The van der Waals surface area contributed by atoms with E-state index in [0.29, 0.717) is 12.2 Å². The summed E-state index contributed by atoms with van der Waals surface area (Å²) in [5.41, 5.74) is 4.79. The first-order valence-electron chi connectivity index (χ1n) is 8.11. The number of esters is 1. The van der Waals surface area contributed by atoms with E-state index in [4.69, 9.17) is 14.2 Å². The van der Waals surface area contributed by atoms with Crippen molar-refractivity contribution in [2.24, 2.45) is 0 Å². The van der Waals surface area contributed by atoms with Crippen molar-refractivity contribution in [3.63, 3.8) is 0 Å². The van der Waals surface area contributed by atoms with E-state index in [0.717, 1.165) is 28.9 Å². The lowest BCUT2D eigenvalue weighted by Crippen LogP contribution is -2.07. The maximum absolute atomic E-state index is 11.8. The van der Waals surface area contributed by atoms with Crippen LogP contribution in [0.3, 0.4) is 0 Å². The van der Waals surface area contributed by atoms with Gasteiger partial charge in [-0.3, -0.25) is 0 Å². The first-order chi connectivity index (χ1) is 11.6. The van der Waals surface area contributed by atoms with Crippen molar-refractivity contribution >= 4 is 5.97 Å². The average molecular weight is 326 g/mol. The normalized spacial score (nSPS) is 17.4. The molecule has 126 valence electrons. The zero-order valence-electron chi connectivity index (χ0n) is 14.2. The summed E-state index contributed by atoms with van der Waals surface area (Å²) in [4.78, 5) is 11.8. The molecule has 4 heteroatoms. The smallest absolute Gasteiger partial charge is 0.338 e. The molecule has 24 heavy (non-hydrogen) atoms. The van der Waals surface area contributed by atoms with Gasteiger partial charge in [0.25, 0.3) is 0 Å². The van der Waals surface area contributed by atoms with Gasteiger partial charge in [0.1, 0.15) is 6.10 Å². The lowest BCUT2D eigenvalue weighted by molar-refractivity contribution is 0.0543. The molecule has 0 bridgehead atoms. The molecule has 2 atom stereocenters. The molecule has 0 N–H and O–H groups in total. The number of hydrogen-bond donors (Lipinski definition) is 0. The van der Waals surface area contributed by atoms with Gasteiger partial charge < -0.3 is 14.2 Å². The van der Waals surface area contributed by atoms with E-state index < -0.39 is 0 Å². The Morgan fingerprint density at radius 2 is 2.04 bits per heavy atom. The number of hydrogen-bond acceptors (Lipinski definition) is 4. The number of ether oxygens (including phenoxy) is 3. The van der Waals surface area contributed by atoms with Gasteiger partial charge in [-0.25, -0.2) is 4.79 Å². The highest BCUT2D eigenvalue weighted by molar-refractivity contribution is 5.91. The minimum absolute atomic E-state index is 0.0222. The molecule has 0 spiro atoms. The third-order valence-corrected chi connectivity index (χ3v) is 4.28. The summed E-state index contributed by atoms with van der Waals surface area (Å²) in [6.07, 6.45) is 0.229. The van der Waals surface area contributed by atoms with Crippen LogP contribution in [0.25, 0.3) is 11.1 Å². The van der Waals surface area contributed by atoms with Gasteiger partial charge in [-0.2, -0.15) is 0 Å². The molecule has 2 aromatic rings. The maximum atomic E-state index is 11.8. The standard InChI is InChI=1S/C20H22O4/c1-13-10-15(8-9-17(13)20(21)22-3)19-7-5-4-6-18(19)14(2)23-11-16-12-24-16/h4-10,14,16H,11-12H2,1-3H3. The fourth-order valence-corrected chi connectivity index (χ4v) is 2.79. The van der Waals surface area contributed by atoms with Crippen LogP contribution in [0.5, 0.6) is 0 Å². The average Bonchev–Trinajstić information content (AvgIpc) is 3.43. The molecule has 1 heterocycles. The Hall–Kier alpha value is -2.17. The fraction of sp³-hybridized carbons (Fsp3) is 0.350. The Balaban J connectivity index is 1.88. The van der Waals surface area contributed by atoms with E-state index in [1.807, 2.05) is 37.3 Å². The molecular weight excluding hydrogens is 304 g/mol. The predicted molar refractivity (Wildman–Crippen MR) is 92.1 cm³/mol. The second-order valence-corrected chi connectivity index (χ2v) is 6.04. The van der Waals surface area contributed by atoms with Gasteiger partial charge in [0, 0.05) is 0 Å². The Bertz CT molecular complexity index is 734. The molecule has 0 amide bonds. The minimum Gasteiger partial charge on any atom is -0.465 e. The van der Waals surface area contributed by atoms with Crippen molar-refractivity contribution < 1.29 is 19.0 Å². The highest BCUT2D eigenvalue weighted by Crippen LogP contribution is 2.31. The Kier molecular flexibility index (Phi) is 4.97. The number of methoxy groups -OCH3 is 1. The maximum Gasteiger partial charge on any atom is 0.338 e. The summed E-state index contributed by atoms with van der Waals surface area (Å²) in [6, 6.07) is 14.0. The highest BCUT2D eigenvalue weighted by Gasteiger charge is 2.24. The number of benzene rings is 2. The summed E-state index contributed by atoms with van der Waals surface area (Å²) in [7, 11) is 1.40. The van der Waals surface area contributed by atoms with Gasteiger partial charge in [0.05, 0.1) is 32.0 Å². The summed E-state index contributed by atoms with van der Waals surface area (Å²) < 4.78 is 15.9. The highest BCUT2D eigenvalue weighted by atomic mass is 16.6. The summed E-state index contributed by atoms with van der Waals surface area (Å²) in [6.45, 7) is 5.39. The van der Waals surface area contributed by atoms with Crippen LogP contribution >= 0.6 is 0 Å². The molecule has 0 saturated carbocycles. The summed E-state index contributed by atoms with van der Waals surface area (Å²) >= 11 is 0. The number of aryl methyl sites for hydroxylation is 1. The van der Waals surface area contributed by atoms with Crippen LogP contribution in [0.1, 0.15) is 34.5 Å². The van der Waals surface area contributed by atoms with Crippen LogP contribution in [0.15, 0.2) is 42.5 Å². The second-order valence-electron chi connectivity index (χ2n) is 6.04. The predicted octanol–water partition coefficient (Wildman–Crippen LogP) is 3.93. The van der Waals surface area contributed by atoms with Crippen molar-refractivity contribution in [3.05, 3.63) is 59.2 Å². The van der Waals surface area contributed by atoms with Gasteiger partial charge in [-0.05, 0) is 42.2 Å². The van der Waals surface area contributed by atoms with Crippen LogP contribution < -0.4 is 0 Å². The monoisotopic (exact) mass is 326 g/mol. The van der Waals surface area contributed by atoms with E-state index in [1.165, 1.54) is 7.11 Å². The number of epoxide rings is 1. The van der Waals surface area contributed by atoms with Crippen LogP contribution in [0.2, 0.25) is 0 Å². The molecule has 1 saturated heterocycles. The SMILES string of the molecule is COC(=O)c1ccc(-c2ccccc2C(C)OCC2CO2)cc1C. The first kappa shape index (κ1) is 16.7. The molecule has 0 radical (unpaired) electrons.